The molecule has 1 saturated heterocycles. The molecule has 1 fully saturated rings. The number of anilines is 2. The minimum Gasteiger partial charge on any atom is -0.357 e. The van der Waals surface area contributed by atoms with Crippen molar-refractivity contribution in [3.63, 3.8) is 0 Å². The number of aryl methyl sites for hydroxylation is 2. The molecule has 1 amide bonds. The SMILES string of the molecule is Cc1cc(C(=O)N(C)C2CCN(C)C2)ccc1Nc1ncc(Cl)c(-c2ccn(C)c2)n1. The van der Waals surface area contributed by atoms with E-state index in [9.17, 15) is 4.79 Å². The molecule has 31 heavy (non-hydrogen) atoms. The Kier molecular flexibility index (Phi) is 5.98. The van der Waals surface area contributed by atoms with Crippen LogP contribution in [0.4, 0.5) is 11.6 Å². The lowest BCUT2D eigenvalue weighted by atomic mass is 10.1. The molecule has 8 heteroatoms. The Labute approximate surface area is 187 Å². The molecule has 1 aliphatic rings. The number of likely N-dealkylation sites (tertiary alicyclic amines) is 1. The summed E-state index contributed by atoms with van der Waals surface area (Å²) in [7, 11) is 5.93. The fourth-order valence-corrected chi connectivity index (χ4v) is 4.13. The molecule has 3 heterocycles. The summed E-state index contributed by atoms with van der Waals surface area (Å²) in [5.74, 6) is 0.501. The van der Waals surface area contributed by atoms with Crippen molar-refractivity contribution in [3.8, 4) is 11.3 Å². The van der Waals surface area contributed by atoms with Crippen LogP contribution in [0.2, 0.25) is 5.02 Å². The third-order valence-electron chi connectivity index (χ3n) is 5.80. The highest BCUT2D eigenvalue weighted by Gasteiger charge is 2.27. The summed E-state index contributed by atoms with van der Waals surface area (Å²) in [6.45, 7) is 3.91. The number of halogens is 1. The molecule has 0 bridgehead atoms. The van der Waals surface area contributed by atoms with Crippen LogP contribution in [0.25, 0.3) is 11.3 Å². The van der Waals surface area contributed by atoms with E-state index in [2.05, 4.69) is 27.2 Å². The Morgan fingerprint density at radius 3 is 2.74 bits per heavy atom. The maximum atomic E-state index is 12.9. The highest BCUT2D eigenvalue weighted by Crippen LogP contribution is 2.28. The van der Waals surface area contributed by atoms with Crippen LogP contribution in [0.15, 0.2) is 42.9 Å². The average molecular weight is 439 g/mol. The Balaban J connectivity index is 1.52. The summed E-state index contributed by atoms with van der Waals surface area (Å²) >= 11 is 6.32. The molecule has 162 valence electrons. The van der Waals surface area contributed by atoms with Gasteiger partial charge in [-0.2, -0.15) is 0 Å². The average Bonchev–Trinajstić information content (AvgIpc) is 3.38. The molecular weight excluding hydrogens is 412 g/mol. The van der Waals surface area contributed by atoms with E-state index in [-0.39, 0.29) is 11.9 Å². The Morgan fingerprint density at radius 2 is 2.10 bits per heavy atom. The lowest BCUT2D eigenvalue weighted by molar-refractivity contribution is 0.0737. The molecular formula is C23H27ClN6O. The van der Waals surface area contributed by atoms with Gasteiger partial charge in [0.1, 0.15) is 0 Å². The highest BCUT2D eigenvalue weighted by molar-refractivity contribution is 6.32. The number of carbonyl (C=O) groups excluding carboxylic acids is 1. The Bertz CT molecular complexity index is 1110. The van der Waals surface area contributed by atoms with E-state index in [4.69, 9.17) is 11.6 Å². The summed E-state index contributed by atoms with van der Waals surface area (Å²) in [5, 5.41) is 3.75. The third-order valence-corrected chi connectivity index (χ3v) is 6.08. The second-order valence-corrected chi connectivity index (χ2v) is 8.64. The molecule has 1 N–H and O–H groups in total. The maximum absolute atomic E-state index is 12.9. The van der Waals surface area contributed by atoms with Crippen molar-refractivity contribution in [2.45, 2.75) is 19.4 Å². The molecule has 0 spiro atoms. The summed E-state index contributed by atoms with van der Waals surface area (Å²) in [5.41, 5.74) is 4.08. The van der Waals surface area contributed by atoms with Gasteiger partial charge in [-0.3, -0.25) is 4.79 Å². The standard InChI is InChI=1S/C23H27ClN6O/c1-15-11-16(22(31)30(4)18-8-10-29(3)14-18)5-6-20(15)26-23-25-12-19(24)21(27-23)17-7-9-28(2)13-17/h5-7,9,11-13,18H,8,10,14H2,1-4H3,(H,25,26,27). The van der Waals surface area contributed by atoms with Gasteiger partial charge in [0.15, 0.2) is 0 Å². The number of rotatable bonds is 5. The van der Waals surface area contributed by atoms with Gasteiger partial charge in [-0.25, -0.2) is 9.97 Å². The molecule has 1 unspecified atom stereocenters. The second-order valence-electron chi connectivity index (χ2n) is 8.23. The maximum Gasteiger partial charge on any atom is 0.253 e. The molecule has 3 aromatic rings. The predicted octanol–water partition coefficient (Wildman–Crippen LogP) is 3.96. The fraction of sp³-hybridized carbons (Fsp3) is 0.348. The highest BCUT2D eigenvalue weighted by atomic mass is 35.5. The number of nitrogens with zero attached hydrogens (tertiary/aromatic N) is 5. The third kappa shape index (κ3) is 4.57. The molecule has 1 atom stereocenters. The molecule has 0 aliphatic carbocycles. The van der Waals surface area contributed by atoms with E-state index in [1.54, 1.807) is 6.20 Å². The van der Waals surface area contributed by atoms with Crippen LogP contribution in [0.1, 0.15) is 22.3 Å². The lowest BCUT2D eigenvalue weighted by Gasteiger charge is -2.25. The van der Waals surface area contributed by atoms with Crippen LogP contribution in [0.3, 0.4) is 0 Å². The molecule has 0 saturated carbocycles. The zero-order chi connectivity index (χ0) is 22.1. The van der Waals surface area contributed by atoms with Gasteiger partial charge in [-0.1, -0.05) is 11.6 Å². The van der Waals surface area contributed by atoms with Crippen molar-refractivity contribution < 1.29 is 4.79 Å². The first kappa shape index (κ1) is 21.3. The first-order chi connectivity index (χ1) is 14.8. The van der Waals surface area contributed by atoms with Crippen LogP contribution in [0.5, 0.6) is 0 Å². The van der Waals surface area contributed by atoms with E-state index in [0.29, 0.717) is 22.2 Å². The van der Waals surface area contributed by atoms with Crippen LogP contribution in [-0.2, 0) is 7.05 Å². The zero-order valence-corrected chi connectivity index (χ0v) is 19.0. The normalized spacial score (nSPS) is 16.5. The Hall–Kier alpha value is -2.90. The molecule has 7 nitrogen and oxygen atoms in total. The van der Waals surface area contributed by atoms with Gasteiger partial charge >= 0.3 is 0 Å². The number of benzene rings is 1. The number of hydrogen-bond donors (Lipinski definition) is 1. The topological polar surface area (TPSA) is 66.3 Å². The van der Waals surface area contributed by atoms with E-state index in [0.717, 1.165) is 36.3 Å². The van der Waals surface area contributed by atoms with Crippen molar-refractivity contribution in [1.82, 2.24) is 24.3 Å². The van der Waals surface area contributed by atoms with E-state index < -0.39 is 0 Å². The lowest BCUT2D eigenvalue weighted by Crippen LogP contribution is -2.38. The fourth-order valence-electron chi connectivity index (χ4n) is 3.93. The second kappa shape index (κ2) is 8.69. The number of nitrogens with one attached hydrogen (secondary N) is 1. The van der Waals surface area contributed by atoms with Gasteiger partial charge < -0.3 is 19.7 Å². The van der Waals surface area contributed by atoms with Crippen molar-refractivity contribution in [3.05, 3.63) is 59.0 Å². The number of carbonyl (C=O) groups is 1. The smallest absolute Gasteiger partial charge is 0.253 e. The number of amides is 1. The van der Waals surface area contributed by atoms with Crippen molar-refractivity contribution in [1.29, 1.82) is 0 Å². The van der Waals surface area contributed by atoms with Crippen LogP contribution >= 0.6 is 11.6 Å². The number of hydrogen-bond acceptors (Lipinski definition) is 5. The first-order valence-corrected chi connectivity index (χ1v) is 10.7. The Morgan fingerprint density at radius 1 is 1.29 bits per heavy atom. The molecule has 1 aliphatic heterocycles. The molecule has 1 aromatic carbocycles. The van der Waals surface area contributed by atoms with Gasteiger partial charge in [0.05, 0.1) is 16.9 Å². The molecule has 4 rings (SSSR count). The van der Waals surface area contributed by atoms with Gasteiger partial charge in [0.25, 0.3) is 5.91 Å². The van der Waals surface area contributed by atoms with E-state index in [1.807, 2.05) is 67.1 Å². The zero-order valence-electron chi connectivity index (χ0n) is 18.3. The molecule has 2 aromatic heterocycles. The van der Waals surface area contributed by atoms with E-state index in [1.165, 1.54) is 0 Å². The minimum atomic E-state index is 0.0454. The quantitative estimate of drug-likeness (QED) is 0.653. The largest absolute Gasteiger partial charge is 0.357 e. The van der Waals surface area contributed by atoms with Crippen molar-refractivity contribution >= 4 is 29.1 Å². The summed E-state index contributed by atoms with van der Waals surface area (Å²) in [4.78, 5) is 26.0. The number of likely N-dealkylation sites (N-methyl/N-ethyl adjacent to an activating group) is 2. The van der Waals surface area contributed by atoms with E-state index >= 15 is 0 Å². The van der Waals surface area contributed by atoms with Gasteiger partial charge in [-0.05, 0) is 56.8 Å². The summed E-state index contributed by atoms with van der Waals surface area (Å²) in [6.07, 6.45) is 6.51. The van der Waals surface area contributed by atoms with Crippen molar-refractivity contribution in [2.24, 2.45) is 7.05 Å². The van der Waals surface area contributed by atoms with Gasteiger partial charge in [0, 0.05) is 55.9 Å². The van der Waals surface area contributed by atoms with Crippen molar-refractivity contribution in [2.75, 3.05) is 32.5 Å². The van der Waals surface area contributed by atoms with Gasteiger partial charge in [0.2, 0.25) is 5.95 Å². The van der Waals surface area contributed by atoms with Crippen LogP contribution < -0.4 is 5.32 Å². The summed E-state index contributed by atoms with van der Waals surface area (Å²) < 4.78 is 1.95. The predicted molar refractivity (Wildman–Crippen MR) is 124 cm³/mol. The van der Waals surface area contributed by atoms with Crippen LogP contribution in [0, 0.1) is 6.92 Å². The summed E-state index contributed by atoms with van der Waals surface area (Å²) in [6, 6.07) is 7.88. The van der Waals surface area contributed by atoms with Gasteiger partial charge in [-0.15, -0.1) is 0 Å². The first-order valence-electron chi connectivity index (χ1n) is 10.3. The minimum absolute atomic E-state index is 0.0454. The van der Waals surface area contributed by atoms with Crippen LogP contribution in [-0.4, -0.2) is 63.5 Å². The number of aromatic nitrogens is 3. The molecule has 0 radical (unpaired) electrons. The monoisotopic (exact) mass is 438 g/mol.